The summed E-state index contributed by atoms with van der Waals surface area (Å²) in [5.41, 5.74) is 7.48. The van der Waals surface area contributed by atoms with Crippen LogP contribution < -0.4 is 16.2 Å². The van der Waals surface area contributed by atoms with E-state index in [9.17, 15) is 9.18 Å². The molecule has 0 spiro atoms. The third kappa shape index (κ3) is 4.98. The van der Waals surface area contributed by atoms with Crippen LogP contribution in [-0.4, -0.2) is 56.2 Å². The van der Waals surface area contributed by atoms with E-state index in [0.717, 1.165) is 31.4 Å². The van der Waals surface area contributed by atoms with Crippen molar-refractivity contribution in [3.8, 4) is 0 Å². The molecule has 0 bridgehead atoms. The average Bonchev–Trinajstić information content (AvgIpc) is 3.11. The summed E-state index contributed by atoms with van der Waals surface area (Å²) >= 11 is 0. The summed E-state index contributed by atoms with van der Waals surface area (Å²) in [6.45, 7) is 2.69. The first kappa shape index (κ1) is 18.3. The van der Waals surface area contributed by atoms with Gasteiger partial charge in [0.25, 0.3) is 5.91 Å². The molecule has 25 heavy (non-hydrogen) atoms. The predicted octanol–water partition coefficient (Wildman–Crippen LogP) is 0.960. The van der Waals surface area contributed by atoms with Gasteiger partial charge in [-0.2, -0.15) is 0 Å². The van der Waals surface area contributed by atoms with E-state index in [0.29, 0.717) is 25.7 Å². The fraction of sp³-hybridized carbons (Fsp3) is 0.611. The fourth-order valence-electron chi connectivity index (χ4n) is 3.41. The molecule has 1 aromatic carbocycles. The van der Waals surface area contributed by atoms with Crippen LogP contribution in [0.25, 0.3) is 0 Å². The molecule has 3 N–H and O–H groups in total. The lowest BCUT2D eigenvalue weighted by atomic mass is 9.99. The number of hydrogen-bond donors (Lipinski definition) is 3. The van der Waals surface area contributed by atoms with Crippen molar-refractivity contribution in [2.45, 2.75) is 37.5 Å². The summed E-state index contributed by atoms with van der Waals surface area (Å²) in [6, 6.07) is 7.16. The summed E-state index contributed by atoms with van der Waals surface area (Å²) in [4.78, 5) is 14.0. The number of carbonyl (C=O) groups excluding carboxylic acids is 1. The van der Waals surface area contributed by atoms with Crippen molar-refractivity contribution in [2.75, 3.05) is 33.3 Å². The largest absolute Gasteiger partial charge is 0.366 e. The third-order valence-electron chi connectivity index (χ3n) is 4.86. The van der Waals surface area contributed by atoms with Crippen LogP contribution >= 0.6 is 0 Å². The zero-order chi connectivity index (χ0) is 17.6. The SMILES string of the molecule is CN(CCCC1CC(c2cccc(F)c2)NN1)C(=O)C1CNCCO1. The zero-order valence-electron chi connectivity index (χ0n) is 14.6. The molecule has 7 heteroatoms. The topological polar surface area (TPSA) is 65.6 Å². The van der Waals surface area contributed by atoms with Crippen LogP contribution in [0.3, 0.4) is 0 Å². The third-order valence-corrected chi connectivity index (χ3v) is 4.86. The number of halogens is 1. The highest BCUT2D eigenvalue weighted by Gasteiger charge is 2.27. The Labute approximate surface area is 148 Å². The summed E-state index contributed by atoms with van der Waals surface area (Å²) in [7, 11) is 1.83. The lowest BCUT2D eigenvalue weighted by Gasteiger charge is -2.27. The smallest absolute Gasteiger partial charge is 0.252 e. The van der Waals surface area contributed by atoms with Gasteiger partial charge in [-0.05, 0) is 37.0 Å². The molecule has 2 aliphatic heterocycles. The zero-order valence-corrected chi connectivity index (χ0v) is 14.6. The second kappa shape index (κ2) is 8.71. The Morgan fingerprint density at radius 2 is 2.28 bits per heavy atom. The molecule has 0 radical (unpaired) electrons. The standard InChI is InChI=1S/C18H27FN4O2/c1-23(18(24)17-12-20-7-9-25-17)8-3-6-15-11-16(22-21-15)13-4-2-5-14(19)10-13/h2,4-5,10,15-17,20-22H,3,6-9,11-12H2,1H3. The normalized spacial score (nSPS) is 26.6. The number of morpholine rings is 1. The first-order valence-electron chi connectivity index (χ1n) is 8.97. The minimum Gasteiger partial charge on any atom is -0.366 e. The van der Waals surface area contributed by atoms with Crippen LogP contribution in [0.15, 0.2) is 24.3 Å². The van der Waals surface area contributed by atoms with Crippen molar-refractivity contribution < 1.29 is 13.9 Å². The van der Waals surface area contributed by atoms with Crippen LogP contribution in [0, 0.1) is 5.82 Å². The fourth-order valence-corrected chi connectivity index (χ4v) is 3.41. The van der Waals surface area contributed by atoms with E-state index >= 15 is 0 Å². The number of nitrogens with zero attached hydrogens (tertiary/aromatic N) is 1. The van der Waals surface area contributed by atoms with E-state index < -0.39 is 0 Å². The number of amides is 1. The Morgan fingerprint density at radius 3 is 3.04 bits per heavy atom. The Hall–Kier alpha value is -1.54. The number of carbonyl (C=O) groups is 1. The summed E-state index contributed by atoms with van der Waals surface area (Å²) < 4.78 is 18.8. The lowest BCUT2D eigenvalue weighted by Crippen LogP contribution is -2.48. The molecule has 1 aromatic rings. The lowest BCUT2D eigenvalue weighted by molar-refractivity contribution is -0.143. The molecule has 3 rings (SSSR count). The van der Waals surface area contributed by atoms with E-state index in [2.05, 4.69) is 16.2 Å². The van der Waals surface area contributed by atoms with Crippen LogP contribution in [0.4, 0.5) is 4.39 Å². The molecule has 3 unspecified atom stereocenters. The van der Waals surface area contributed by atoms with Gasteiger partial charge in [0.15, 0.2) is 0 Å². The van der Waals surface area contributed by atoms with Gasteiger partial charge in [0, 0.05) is 38.8 Å². The summed E-state index contributed by atoms with van der Waals surface area (Å²) in [5, 5.41) is 3.18. The van der Waals surface area contributed by atoms with Crippen molar-refractivity contribution in [3.63, 3.8) is 0 Å². The summed E-state index contributed by atoms with van der Waals surface area (Å²) in [6.07, 6.45) is 2.43. The maximum Gasteiger partial charge on any atom is 0.252 e. The van der Waals surface area contributed by atoms with Gasteiger partial charge in [0.05, 0.1) is 6.61 Å². The summed E-state index contributed by atoms with van der Waals surface area (Å²) in [5.74, 6) is -0.162. The van der Waals surface area contributed by atoms with Gasteiger partial charge in [-0.1, -0.05) is 12.1 Å². The van der Waals surface area contributed by atoms with Crippen molar-refractivity contribution in [3.05, 3.63) is 35.6 Å². The molecule has 2 saturated heterocycles. The van der Waals surface area contributed by atoms with Crippen LogP contribution in [0.1, 0.15) is 30.9 Å². The number of rotatable bonds is 6. The molecule has 0 aromatic heterocycles. The molecule has 0 saturated carbocycles. The van der Waals surface area contributed by atoms with Gasteiger partial charge in [0.2, 0.25) is 0 Å². The maximum absolute atomic E-state index is 13.3. The van der Waals surface area contributed by atoms with Crippen LogP contribution in [-0.2, 0) is 9.53 Å². The van der Waals surface area contributed by atoms with Crippen molar-refractivity contribution in [1.29, 1.82) is 0 Å². The van der Waals surface area contributed by atoms with Gasteiger partial charge in [0.1, 0.15) is 11.9 Å². The number of nitrogens with one attached hydrogen (secondary N) is 3. The van der Waals surface area contributed by atoms with Crippen LogP contribution in [0.2, 0.25) is 0 Å². The molecule has 3 atom stereocenters. The molecular weight excluding hydrogens is 323 g/mol. The molecule has 0 aliphatic carbocycles. The Kier molecular flexibility index (Phi) is 6.36. The first-order valence-corrected chi connectivity index (χ1v) is 8.97. The number of hydrazine groups is 1. The minimum atomic E-state index is -0.359. The van der Waals surface area contributed by atoms with Gasteiger partial charge in [-0.25, -0.2) is 4.39 Å². The molecule has 6 nitrogen and oxygen atoms in total. The Balaban J connectivity index is 1.38. The highest BCUT2D eigenvalue weighted by atomic mass is 19.1. The number of hydrogen-bond acceptors (Lipinski definition) is 5. The van der Waals surface area contributed by atoms with E-state index in [1.807, 2.05) is 13.1 Å². The van der Waals surface area contributed by atoms with Crippen molar-refractivity contribution in [1.82, 2.24) is 21.1 Å². The Morgan fingerprint density at radius 1 is 1.40 bits per heavy atom. The quantitative estimate of drug-likeness (QED) is 0.713. The second-order valence-electron chi connectivity index (χ2n) is 6.79. The molecule has 2 heterocycles. The maximum atomic E-state index is 13.3. The van der Waals surface area contributed by atoms with Crippen LogP contribution in [0.5, 0.6) is 0 Å². The molecule has 2 aliphatic rings. The average molecular weight is 350 g/mol. The van der Waals surface area contributed by atoms with Gasteiger partial charge in [-0.3, -0.25) is 15.6 Å². The second-order valence-corrected chi connectivity index (χ2v) is 6.79. The highest BCUT2D eigenvalue weighted by Crippen LogP contribution is 2.24. The number of ether oxygens (including phenoxy) is 1. The molecular formula is C18H27FN4O2. The van der Waals surface area contributed by atoms with Crippen molar-refractivity contribution in [2.24, 2.45) is 0 Å². The Bertz CT molecular complexity index is 580. The first-order chi connectivity index (χ1) is 12.1. The van der Waals surface area contributed by atoms with E-state index in [-0.39, 0.29) is 23.9 Å². The molecule has 138 valence electrons. The van der Waals surface area contributed by atoms with E-state index in [1.165, 1.54) is 6.07 Å². The monoisotopic (exact) mass is 350 g/mol. The van der Waals surface area contributed by atoms with Gasteiger partial charge < -0.3 is 15.0 Å². The minimum absolute atomic E-state index is 0.0438. The highest BCUT2D eigenvalue weighted by molar-refractivity contribution is 5.81. The van der Waals surface area contributed by atoms with Gasteiger partial charge >= 0.3 is 0 Å². The van der Waals surface area contributed by atoms with E-state index in [4.69, 9.17) is 4.74 Å². The predicted molar refractivity (Wildman–Crippen MR) is 93.3 cm³/mol. The molecule has 1 amide bonds. The van der Waals surface area contributed by atoms with E-state index in [1.54, 1.807) is 17.0 Å². The number of benzene rings is 1. The van der Waals surface area contributed by atoms with Gasteiger partial charge in [-0.15, -0.1) is 0 Å². The molecule has 2 fully saturated rings. The van der Waals surface area contributed by atoms with Crippen molar-refractivity contribution >= 4 is 5.91 Å². The number of likely N-dealkylation sites (N-methyl/N-ethyl adjacent to an activating group) is 1.